The number of non-ortho nitro benzene ring substituents is 1. The number of rotatable bonds is 4. The molecule has 8 nitrogen and oxygen atoms in total. The van der Waals surface area contributed by atoms with Gasteiger partial charge in [-0.2, -0.15) is 0 Å². The van der Waals surface area contributed by atoms with E-state index in [1.54, 1.807) is 0 Å². The third-order valence-electron chi connectivity index (χ3n) is 2.31. The first-order valence-electron chi connectivity index (χ1n) is 4.81. The molecule has 9 heteroatoms. The van der Waals surface area contributed by atoms with Crippen LogP contribution in [0.3, 0.4) is 0 Å². The molecule has 1 atom stereocenters. The van der Waals surface area contributed by atoms with E-state index in [9.17, 15) is 20.0 Å². The lowest BCUT2D eigenvalue weighted by Crippen LogP contribution is -2.22. The number of nitrogens with zero attached hydrogens (tertiary/aromatic N) is 1. The molecule has 0 bridgehead atoms. The predicted octanol–water partition coefficient (Wildman–Crippen LogP) is 0.904. The lowest BCUT2D eigenvalue weighted by Gasteiger charge is -2.13. The van der Waals surface area contributed by atoms with Gasteiger partial charge < -0.3 is 20.3 Å². The van der Waals surface area contributed by atoms with Crippen LogP contribution in [0.2, 0.25) is 0 Å². The number of halogens is 1. The number of methoxy groups -OCH3 is 2. The lowest BCUT2D eigenvalue weighted by molar-refractivity contribution is -0.385. The highest BCUT2D eigenvalue weighted by Gasteiger charge is 2.25. The normalized spacial score (nSPS) is 11.1. The van der Waals surface area contributed by atoms with Crippen molar-refractivity contribution >= 4 is 24.1 Å². The fourth-order valence-corrected chi connectivity index (χ4v) is 1.37. The molecule has 3 N–H and O–H groups in total. The third-order valence-corrected chi connectivity index (χ3v) is 2.31. The molecule has 0 spiro atoms. The van der Waals surface area contributed by atoms with Gasteiger partial charge in [-0.15, -0.1) is 12.4 Å². The second kappa shape index (κ2) is 6.76. The summed E-state index contributed by atoms with van der Waals surface area (Å²) in [4.78, 5) is 21.3. The lowest BCUT2D eigenvalue weighted by atomic mass is 10.0. The maximum absolute atomic E-state index is 11.3. The van der Waals surface area contributed by atoms with Crippen LogP contribution in [-0.2, 0) is 9.53 Å². The van der Waals surface area contributed by atoms with Crippen LogP contribution in [0.1, 0.15) is 11.6 Å². The van der Waals surface area contributed by atoms with Crippen molar-refractivity contribution in [2.45, 2.75) is 6.04 Å². The molecule has 0 saturated heterocycles. The van der Waals surface area contributed by atoms with Crippen molar-refractivity contribution in [1.29, 1.82) is 0 Å². The maximum Gasteiger partial charge on any atom is 0.327 e. The van der Waals surface area contributed by atoms with Gasteiger partial charge in [-0.1, -0.05) is 0 Å². The Morgan fingerprint density at radius 2 is 2.05 bits per heavy atom. The van der Waals surface area contributed by atoms with Crippen LogP contribution in [-0.4, -0.2) is 30.2 Å². The van der Waals surface area contributed by atoms with Crippen molar-refractivity contribution in [3.05, 3.63) is 27.8 Å². The Labute approximate surface area is 114 Å². The Morgan fingerprint density at radius 1 is 1.47 bits per heavy atom. The summed E-state index contributed by atoms with van der Waals surface area (Å²) in [6.45, 7) is 0. The standard InChI is InChI=1S/C10H12N2O6.ClH/c1-17-7-4-5(12(15)16)3-6(9(7)13)8(11)10(14)18-2;/h3-4,8,13H,11H2,1-2H3;1H/t8-;/m1./s1. The number of nitro benzene ring substituents is 1. The number of hydrogen-bond acceptors (Lipinski definition) is 7. The number of carbonyl (C=O) groups is 1. The second-order valence-electron chi connectivity index (χ2n) is 3.34. The quantitative estimate of drug-likeness (QED) is 0.480. The van der Waals surface area contributed by atoms with Gasteiger partial charge >= 0.3 is 5.97 Å². The van der Waals surface area contributed by atoms with Crippen LogP contribution in [0.25, 0.3) is 0 Å². The molecular weight excluding hydrogens is 280 g/mol. The number of esters is 1. The molecule has 19 heavy (non-hydrogen) atoms. The van der Waals surface area contributed by atoms with Gasteiger partial charge in [-0.3, -0.25) is 14.9 Å². The summed E-state index contributed by atoms with van der Waals surface area (Å²) in [5.74, 6) is -1.40. The van der Waals surface area contributed by atoms with E-state index in [-0.39, 0.29) is 29.4 Å². The van der Waals surface area contributed by atoms with Crippen molar-refractivity contribution in [2.24, 2.45) is 5.73 Å². The largest absolute Gasteiger partial charge is 0.504 e. The van der Waals surface area contributed by atoms with Gasteiger partial charge in [0.15, 0.2) is 11.5 Å². The van der Waals surface area contributed by atoms with Gasteiger partial charge in [0.2, 0.25) is 0 Å². The minimum Gasteiger partial charge on any atom is -0.504 e. The molecule has 106 valence electrons. The summed E-state index contributed by atoms with van der Waals surface area (Å²) in [5.41, 5.74) is 5.05. The summed E-state index contributed by atoms with van der Waals surface area (Å²) in [5, 5.41) is 20.5. The molecule has 0 fully saturated rings. The number of hydrogen-bond donors (Lipinski definition) is 2. The van der Waals surface area contributed by atoms with Crippen LogP contribution in [0.4, 0.5) is 5.69 Å². The van der Waals surface area contributed by atoms with E-state index in [0.717, 1.165) is 19.2 Å². The highest BCUT2D eigenvalue weighted by atomic mass is 35.5. The number of benzene rings is 1. The molecule has 0 amide bonds. The number of phenols is 1. The van der Waals surface area contributed by atoms with Crippen molar-refractivity contribution in [1.82, 2.24) is 0 Å². The molecule has 0 heterocycles. The van der Waals surface area contributed by atoms with E-state index in [4.69, 9.17) is 10.5 Å². The van der Waals surface area contributed by atoms with Gasteiger partial charge in [0.05, 0.1) is 25.2 Å². The zero-order valence-corrected chi connectivity index (χ0v) is 11.0. The minimum atomic E-state index is -1.33. The van der Waals surface area contributed by atoms with Gasteiger partial charge in [-0.05, 0) is 0 Å². The topological polar surface area (TPSA) is 125 Å². The van der Waals surface area contributed by atoms with E-state index in [0.29, 0.717) is 0 Å². The number of ether oxygens (including phenoxy) is 2. The predicted molar refractivity (Wildman–Crippen MR) is 67.5 cm³/mol. The van der Waals surface area contributed by atoms with Crippen LogP contribution < -0.4 is 10.5 Å². The first-order chi connectivity index (χ1) is 8.42. The Kier molecular flexibility index (Phi) is 6.03. The Morgan fingerprint density at radius 3 is 2.47 bits per heavy atom. The van der Waals surface area contributed by atoms with Crippen molar-refractivity contribution in [3.8, 4) is 11.5 Å². The van der Waals surface area contributed by atoms with E-state index >= 15 is 0 Å². The van der Waals surface area contributed by atoms with Gasteiger partial charge in [0.25, 0.3) is 5.69 Å². The molecular formula is C10H13ClN2O6. The molecule has 0 aliphatic heterocycles. The molecule has 0 saturated carbocycles. The van der Waals surface area contributed by atoms with Crippen LogP contribution >= 0.6 is 12.4 Å². The number of nitrogens with two attached hydrogens (primary N) is 1. The number of nitro groups is 1. The molecule has 0 unspecified atom stereocenters. The molecule has 0 aliphatic rings. The van der Waals surface area contributed by atoms with Crippen molar-refractivity contribution in [3.63, 3.8) is 0 Å². The zero-order valence-electron chi connectivity index (χ0n) is 10.2. The Bertz CT molecular complexity index is 493. The SMILES string of the molecule is COC(=O)[C@H](N)c1cc([N+](=O)[O-])cc(OC)c1O.Cl. The third kappa shape index (κ3) is 3.46. The van der Waals surface area contributed by atoms with Crippen LogP contribution in [0.5, 0.6) is 11.5 Å². The van der Waals surface area contributed by atoms with E-state index in [1.165, 1.54) is 7.11 Å². The summed E-state index contributed by atoms with van der Waals surface area (Å²) in [6.07, 6.45) is 0. The van der Waals surface area contributed by atoms with Crippen molar-refractivity contribution in [2.75, 3.05) is 14.2 Å². The molecule has 1 aromatic rings. The molecule has 0 aliphatic carbocycles. The smallest absolute Gasteiger partial charge is 0.327 e. The fourth-order valence-electron chi connectivity index (χ4n) is 1.37. The highest BCUT2D eigenvalue weighted by Crippen LogP contribution is 2.37. The molecule has 1 rings (SSSR count). The highest BCUT2D eigenvalue weighted by molar-refractivity contribution is 5.85. The van der Waals surface area contributed by atoms with Gasteiger partial charge in [0.1, 0.15) is 6.04 Å². The monoisotopic (exact) mass is 292 g/mol. The molecule has 1 aromatic carbocycles. The number of phenolic OH excluding ortho intramolecular Hbond substituents is 1. The van der Waals surface area contributed by atoms with E-state index in [2.05, 4.69) is 4.74 Å². The Hall–Kier alpha value is -2.06. The summed E-state index contributed by atoms with van der Waals surface area (Å²) >= 11 is 0. The minimum absolute atomic E-state index is 0. The molecule has 0 radical (unpaired) electrons. The average molecular weight is 293 g/mol. The van der Waals surface area contributed by atoms with Gasteiger partial charge in [0, 0.05) is 11.6 Å². The Balaban J connectivity index is 0.00000324. The van der Waals surface area contributed by atoms with Crippen molar-refractivity contribution < 1.29 is 24.3 Å². The maximum atomic E-state index is 11.3. The number of carbonyl (C=O) groups excluding carboxylic acids is 1. The molecule has 0 aromatic heterocycles. The number of aromatic hydroxyl groups is 1. The van der Waals surface area contributed by atoms with E-state index < -0.39 is 22.7 Å². The first-order valence-corrected chi connectivity index (χ1v) is 4.81. The van der Waals surface area contributed by atoms with Crippen LogP contribution in [0.15, 0.2) is 12.1 Å². The summed E-state index contributed by atoms with van der Waals surface area (Å²) in [6, 6.07) is 0.700. The van der Waals surface area contributed by atoms with E-state index in [1.807, 2.05) is 0 Å². The van der Waals surface area contributed by atoms with Crippen LogP contribution in [0, 0.1) is 10.1 Å². The zero-order chi connectivity index (χ0) is 13.9. The van der Waals surface area contributed by atoms with Gasteiger partial charge in [-0.25, -0.2) is 0 Å². The second-order valence-corrected chi connectivity index (χ2v) is 3.34. The first kappa shape index (κ1) is 16.9. The fraction of sp³-hybridized carbons (Fsp3) is 0.300. The average Bonchev–Trinajstić information content (AvgIpc) is 2.36. The summed E-state index contributed by atoms with van der Waals surface area (Å²) in [7, 11) is 2.35. The summed E-state index contributed by atoms with van der Waals surface area (Å²) < 4.78 is 9.19.